The lowest BCUT2D eigenvalue weighted by atomic mass is 9.87. The quantitative estimate of drug-likeness (QED) is 0.353. The summed E-state index contributed by atoms with van der Waals surface area (Å²) in [6.07, 6.45) is 7.37. The maximum absolute atomic E-state index is 4.86. The minimum absolute atomic E-state index is 0.198. The van der Waals surface area contributed by atoms with Crippen molar-refractivity contribution in [2.75, 3.05) is 0 Å². The molecule has 1 aromatic heterocycles. The molecule has 1 aromatic carbocycles. The highest BCUT2D eigenvalue weighted by atomic mass is 32.2. The fraction of sp³-hybridized carbons (Fsp3) is 0.478. The van der Waals surface area contributed by atoms with Gasteiger partial charge in [0.15, 0.2) is 0 Å². The summed E-state index contributed by atoms with van der Waals surface area (Å²) >= 11 is 3.72. The van der Waals surface area contributed by atoms with E-state index in [4.69, 9.17) is 4.99 Å². The van der Waals surface area contributed by atoms with E-state index < -0.39 is 0 Å². The summed E-state index contributed by atoms with van der Waals surface area (Å²) in [5, 5.41) is 0.580. The van der Waals surface area contributed by atoms with E-state index in [2.05, 4.69) is 63.9 Å². The van der Waals surface area contributed by atoms with Crippen LogP contribution in [-0.2, 0) is 11.2 Å². The number of aromatic nitrogens is 1. The summed E-state index contributed by atoms with van der Waals surface area (Å²) in [5.74, 6) is 0.941. The van der Waals surface area contributed by atoms with Gasteiger partial charge in [-0.2, -0.15) is 0 Å². The molecule has 0 saturated carbocycles. The minimum Gasteiger partial charge on any atom is -0.262 e. The molecule has 1 heterocycles. The molecule has 0 aliphatic rings. The second kappa shape index (κ2) is 10.9. The third-order valence-electron chi connectivity index (χ3n) is 4.31. The second-order valence-electron chi connectivity index (χ2n) is 7.90. The van der Waals surface area contributed by atoms with Crippen LogP contribution in [0.1, 0.15) is 65.0 Å². The number of rotatable bonds is 7. The van der Waals surface area contributed by atoms with Crippen LogP contribution in [0.2, 0.25) is 0 Å². The Bertz CT molecular complexity index is 703. The Hall–Kier alpha value is -1.26. The lowest BCUT2D eigenvalue weighted by Crippen LogP contribution is -2.10. The number of thioether (sulfide) groups is 2. The van der Waals surface area contributed by atoms with Crippen LogP contribution < -0.4 is 0 Å². The number of nitrogens with zero attached hydrogens (tertiary/aromatic N) is 2. The molecule has 2 nitrogen and oxygen atoms in total. The standard InChI is InChI=1S/C23H32N2S2/c1-6-7-9-18(2)27-22(25-21-10-8-15-24-16-21)26-17-19-11-13-20(14-12-19)23(3,4)5/h8,10-16,18H,6-7,9,17H2,1-5H3. The molecule has 0 aliphatic carbocycles. The molecule has 0 bridgehead atoms. The van der Waals surface area contributed by atoms with Gasteiger partial charge in [-0.05, 0) is 35.1 Å². The van der Waals surface area contributed by atoms with Gasteiger partial charge >= 0.3 is 0 Å². The van der Waals surface area contributed by atoms with Gasteiger partial charge in [-0.3, -0.25) is 4.98 Å². The van der Waals surface area contributed by atoms with E-state index in [0.717, 1.165) is 15.8 Å². The lowest BCUT2D eigenvalue weighted by Gasteiger charge is -2.19. The Morgan fingerprint density at radius 3 is 2.48 bits per heavy atom. The molecule has 2 aromatic rings. The average molecular weight is 401 g/mol. The summed E-state index contributed by atoms with van der Waals surface area (Å²) in [6, 6.07) is 13.0. The molecular formula is C23H32N2S2. The molecule has 0 N–H and O–H groups in total. The van der Waals surface area contributed by atoms with Crippen LogP contribution >= 0.6 is 23.5 Å². The number of hydrogen-bond donors (Lipinski definition) is 0. The van der Waals surface area contributed by atoms with E-state index >= 15 is 0 Å². The fourth-order valence-corrected chi connectivity index (χ4v) is 4.97. The van der Waals surface area contributed by atoms with Crippen molar-refractivity contribution >= 4 is 33.6 Å². The molecule has 0 radical (unpaired) electrons. The number of benzene rings is 1. The summed E-state index contributed by atoms with van der Waals surface area (Å²) in [5.41, 5.74) is 3.85. The molecule has 0 fully saturated rings. The van der Waals surface area contributed by atoms with E-state index in [9.17, 15) is 0 Å². The first kappa shape index (κ1) is 22.0. The predicted octanol–water partition coefficient (Wildman–Crippen LogP) is 7.61. The number of unbranched alkanes of at least 4 members (excludes halogenated alkanes) is 1. The third kappa shape index (κ3) is 8.10. The van der Waals surface area contributed by atoms with Crippen LogP contribution in [0.15, 0.2) is 53.8 Å². The SMILES string of the molecule is CCCCC(C)SC(=Nc1cccnc1)SCc1ccc(C(C)(C)C)cc1. The zero-order valence-corrected chi connectivity index (χ0v) is 18.9. The van der Waals surface area contributed by atoms with Gasteiger partial charge in [0, 0.05) is 17.2 Å². The molecule has 0 spiro atoms. The van der Waals surface area contributed by atoms with Gasteiger partial charge in [-0.1, -0.05) is 95.2 Å². The molecule has 0 aliphatic heterocycles. The second-order valence-corrected chi connectivity index (χ2v) is 10.5. The van der Waals surface area contributed by atoms with Gasteiger partial charge in [-0.25, -0.2) is 4.99 Å². The van der Waals surface area contributed by atoms with E-state index in [-0.39, 0.29) is 5.41 Å². The zero-order chi connectivity index (χ0) is 19.7. The van der Waals surface area contributed by atoms with Crippen molar-refractivity contribution in [3.8, 4) is 0 Å². The highest BCUT2D eigenvalue weighted by molar-refractivity contribution is 8.38. The smallest absolute Gasteiger partial charge is 0.131 e. The van der Waals surface area contributed by atoms with Crippen molar-refractivity contribution in [2.24, 2.45) is 4.99 Å². The number of pyridine rings is 1. The van der Waals surface area contributed by atoms with E-state index in [1.807, 2.05) is 41.9 Å². The third-order valence-corrected chi connectivity index (χ3v) is 6.70. The van der Waals surface area contributed by atoms with Crippen LogP contribution in [0.3, 0.4) is 0 Å². The van der Waals surface area contributed by atoms with E-state index in [1.54, 1.807) is 6.20 Å². The molecular weight excluding hydrogens is 368 g/mol. The molecule has 1 unspecified atom stereocenters. The van der Waals surface area contributed by atoms with Gasteiger partial charge < -0.3 is 0 Å². The Kier molecular flexibility index (Phi) is 8.91. The first-order chi connectivity index (χ1) is 12.9. The Morgan fingerprint density at radius 1 is 1.15 bits per heavy atom. The summed E-state index contributed by atoms with van der Waals surface area (Å²) < 4.78 is 1.13. The van der Waals surface area contributed by atoms with Crippen LogP contribution in [0.5, 0.6) is 0 Å². The normalized spacial score (nSPS) is 13.6. The molecule has 146 valence electrons. The molecule has 1 atom stereocenters. The molecule has 27 heavy (non-hydrogen) atoms. The van der Waals surface area contributed by atoms with E-state index in [0.29, 0.717) is 5.25 Å². The van der Waals surface area contributed by atoms with Crippen LogP contribution in [0.4, 0.5) is 5.69 Å². The Balaban J connectivity index is 2.06. The maximum Gasteiger partial charge on any atom is 0.131 e. The first-order valence-corrected chi connectivity index (χ1v) is 11.6. The number of aliphatic imine (C=N–C) groups is 1. The van der Waals surface area contributed by atoms with Crippen molar-refractivity contribution in [1.29, 1.82) is 0 Å². The molecule has 0 amide bonds. The topological polar surface area (TPSA) is 25.2 Å². The van der Waals surface area contributed by atoms with Crippen molar-refractivity contribution in [3.63, 3.8) is 0 Å². The van der Waals surface area contributed by atoms with Gasteiger partial charge in [-0.15, -0.1) is 0 Å². The van der Waals surface area contributed by atoms with Crippen molar-refractivity contribution in [1.82, 2.24) is 4.98 Å². The zero-order valence-electron chi connectivity index (χ0n) is 17.2. The molecule has 0 saturated heterocycles. The summed E-state index contributed by atoms with van der Waals surface area (Å²) in [7, 11) is 0. The molecule has 2 rings (SSSR count). The Morgan fingerprint density at radius 2 is 1.89 bits per heavy atom. The lowest BCUT2D eigenvalue weighted by molar-refractivity contribution is 0.590. The maximum atomic E-state index is 4.86. The van der Waals surface area contributed by atoms with Gasteiger partial charge in [0.05, 0.1) is 11.9 Å². The largest absolute Gasteiger partial charge is 0.262 e. The van der Waals surface area contributed by atoms with Gasteiger partial charge in [0.2, 0.25) is 0 Å². The summed E-state index contributed by atoms with van der Waals surface area (Å²) in [6.45, 7) is 11.3. The van der Waals surface area contributed by atoms with Crippen LogP contribution in [-0.4, -0.2) is 14.6 Å². The van der Waals surface area contributed by atoms with E-state index in [1.165, 1.54) is 30.4 Å². The predicted molar refractivity (Wildman–Crippen MR) is 124 cm³/mol. The van der Waals surface area contributed by atoms with Gasteiger partial charge in [0.1, 0.15) is 4.38 Å². The fourth-order valence-electron chi connectivity index (χ4n) is 2.59. The van der Waals surface area contributed by atoms with Gasteiger partial charge in [0.25, 0.3) is 0 Å². The highest BCUT2D eigenvalue weighted by Crippen LogP contribution is 2.30. The van der Waals surface area contributed by atoms with Crippen molar-refractivity contribution in [2.45, 2.75) is 70.3 Å². The van der Waals surface area contributed by atoms with Crippen molar-refractivity contribution < 1.29 is 0 Å². The van der Waals surface area contributed by atoms with Crippen LogP contribution in [0.25, 0.3) is 0 Å². The first-order valence-electron chi connectivity index (χ1n) is 9.76. The average Bonchev–Trinajstić information content (AvgIpc) is 2.65. The monoisotopic (exact) mass is 400 g/mol. The summed E-state index contributed by atoms with van der Waals surface area (Å²) in [4.78, 5) is 9.05. The minimum atomic E-state index is 0.198. The van der Waals surface area contributed by atoms with Crippen molar-refractivity contribution in [3.05, 3.63) is 59.9 Å². The van der Waals surface area contributed by atoms with Crippen LogP contribution in [0, 0.1) is 0 Å². The molecule has 4 heteroatoms. The number of hydrogen-bond acceptors (Lipinski definition) is 4. The Labute approximate surface area is 173 Å². The highest BCUT2D eigenvalue weighted by Gasteiger charge is 2.13.